The maximum Gasteiger partial charge on any atom is 0.110 e. The normalized spacial score (nSPS) is 13.3. The van der Waals surface area contributed by atoms with Crippen LogP contribution in [0, 0.1) is 19.6 Å². The second-order valence-corrected chi connectivity index (χ2v) is 7.29. The Bertz CT molecular complexity index is 284. The lowest BCUT2D eigenvalue weighted by molar-refractivity contribution is 0.832. The summed E-state index contributed by atoms with van der Waals surface area (Å²) < 4.78 is 0. The van der Waals surface area contributed by atoms with E-state index in [0.717, 1.165) is 0 Å². The summed E-state index contributed by atoms with van der Waals surface area (Å²) in [5, 5.41) is 11.5. The molecule has 0 aromatic heterocycles. The maximum atomic E-state index is 10.7. The van der Waals surface area contributed by atoms with Crippen LogP contribution in [0.15, 0.2) is 20.7 Å². The lowest BCUT2D eigenvalue weighted by Crippen LogP contribution is -2.16. The molecule has 0 aliphatic carbocycles. The fourth-order valence-electron chi connectivity index (χ4n) is 1.20. The van der Waals surface area contributed by atoms with E-state index in [2.05, 4.69) is 20.7 Å². The van der Waals surface area contributed by atoms with Crippen molar-refractivity contribution in [1.82, 2.24) is 0 Å². The number of nitrogens with zero attached hydrogens (tertiary/aromatic N) is 4. The Balaban J connectivity index is 3.73. The highest BCUT2D eigenvalue weighted by Crippen LogP contribution is 2.16. The van der Waals surface area contributed by atoms with Gasteiger partial charge in [0.1, 0.15) is 12.1 Å². The summed E-state index contributed by atoms with van der Waals surface area (Å²) in [5.41, 5.74) is 0. The van der Waals surface area contributed by atoms with E-state index in [-0.39, 0.29) is 25.2 Å². The molecule has 0 amide bonds. The van der Waals surface area contributed by atoms with Gasteiger partial charge in [-0.3, -0.25) is 0 Å². The van der Waals surface area contributed by atoms with E-state index >= 15 is 0 Å². The van der Waals surface area contributed by atoms with Gasteiger partial charge in [0.05, 0.1) is 13.1 Å². The first-order valence-electron chi connectivity index (χ1n) is 6.24. The molecule has 8 nitrogen and oxygen atoms in total. The van der Waals surface area contributed by atoms with Crippen molar-refractivity contribution in [2.24, 2.45) is 20.7 Å². The third-order valence-corrected chi connectivity index (χ3v) is 5.62. The van der Waals surface area contributed by atoms with E-state index in [4.69, 9.17) is 0 Å². The van der Waals surface area contributed by atoms with Crippen LogP contribution in [-0.2, 0) is 0 Å². The molecule has 11 heteroatoms. The lowest BCUT2D eigenvalue weighted by Gasteiger charge is -2.10. The Morgan fingerprint density at radius 3 is 1.33 bits per heavy atom. The minimum absolute atomic E-state index is 0.230. The molecule has 0 spiro atoms. The van der Waals surface area contributed by atoms with E-state index in [1.807, 2.05) is 0 Å². The van der Waals surface area contributed by atoms with Crippen LogP contribution >= 0.6 is 35.3 Å². The third-order valence-electron chi connectivity index (χ3n) is 2.19. The molecule has 0 aliphatic heterocycles. The van der Waals surface area contributed by atoms with Gasteiger partial charge in [0.15, 0.2) is 0 Å². The second kappa shape index (κ2) is 15.8. The van der Waals surface area contributed by atoms with Crippen LogP contribution in [0.2, 0.25) is 0 Å². The summed E-state index contributed by atoms with van der Waals surface area (Å²) in [6.07, 6.45) is 0. The van der Waals surface area contributed by atoms with Gasteiger partial charge < -0.3 is 0 Å². The molecule has 21 heavy (non-hydrogen) atoms. The van der Waals surface area contributed by atoms with Gasteiger partial charge in [0, 0.05) is 34.5 Å². The van der Waals surface area contributed by atoms with Crippen molar-refractivity contribution in [2.45, 2.75) is 12.1 Å². The lowest BCUT2D eigenvalue weighted by atomic mass is 10.4. The van der Waals surface area contributed by atoms with Crippen LogP contribution in [0.5, 0.6) is 0 Å². The van der Waals surface area contributed by atoms with E-state index in [9.17, 15) is 19.6 Å². The summed E-state index contributed by atoms with van der Waals surface area (Å²) >= 11 is 4.39. The van der Waals surface area contributed by atoms with Gasteiger partial charge in [-0.25, -0.2) is 0 Å². The average molecular weight is 354 g/mol. The number of thioether (sulfide) groups is 3. The molecule has 0 fully saturated rings. The van der Waals surface area contributed by atoms with Crippen molar-refractivity contribution in [3.8, 4) is 0 Å². The highest BCUT2D eigenvalue weighted by atomic mass is 32.2. The van der Waals surface area contributed by atoms with E-state index in [1.54, 1.807) is 0 Å². The summed E-state index contributed by atoms with van der Waals surface area (Å²) in [5.74, 6) is 3.31. The monoisotopic (exact) mass is 354 g/mol. The minimum atomic E-state index is -0.342. The van der Waals surface area contributed by atoms with Crippen LogP contribution < -0.4 is 0 Å². The standard InChI is InChI=1S/C10H18N4O4S3/c15-11-1-3-19-5-9(13-17)7-21-8-10(14-18)6-20-4-2-12-16/h9-10H,1-8H2. The third kappa shape index (κ3) is 12.9. The summed E-state index contributed by atoms with van der Waals surface area (Å²) in [6.45, 7) is 0.459. The summed E-state index contributed by atoms with van der Waals surface area (Å²) in [4.78, 5) is 41.2. The molecule has 120 valence electrons. The molecule has 0 bridgehead atoms. The fraction of sp³-hybridized carbons (Fsp3) is 1.00. The Kier molecular flexibility index (Phi) is 15.4. The number of nitroso groups, excluding NO2 is 4. The first-order valence-corrected chi connectivity index (χ1v) is 9.71. The number of hydrogen-bond acceptors (Lipinski definition) is 11. The zero-order valence-electron chi connectivity index (χ0n) is 11.5. The van der Waals surface area contributed by atoms with E-state index < -0.39 is 0 Å². The predicted octanol–water partition coefficient (Wildman–Crippen LogP) is 2.99. The zero-order valence-corrected chi connectivity index (χ0v) is 13.9. The fourth-order valence-corrected chi connectivity index (χ4v) is 4.18. The maximum absolute atomic E-state index is 10.7. The van der Waals surface area contributed by atoms with Crippen molar-refractivity contribution in [3.63, 3.8) is 0 Å². The van der Waals surface area contributed by atoms with E-state index in [0.29, 0.717) is 34.5 Å². The summed E-state index contributed by atoms with van der Waals surface area (Å²) in [7, 11) is 0. The molecule has 0 saturated heterocycles. The van der Waals surface area contributed by atoms with Crippen molar-refractivity contribution in [1.29, 1.82) is 0 Å². The Morgan fingerprint density at radius 1 is 0.619 bits per heavy atom. The Labute approximate surface area is 135 Å². The van der Waals surface area contributed by atoms with Crippen LogP contribution in [0.1, 0.15) is 0 Å². The Morgan fingerprint density at radius 2 is 1.00 bits per heavy atom. The molecule has 0 heterocycles. The van der Waals surface area contributed by atoms with Gasteiger partial charge in [0.2, 0.25) is 0 Å². The van der Waals surface area contributed by atoms with E-state index in [1.165, 1.54) is 35.3 Å². The van der Waals surface area contributed by atoms with Gasteiger partial charge in [-0.1, -0.05) is 20.7 Å². The van der Waals surface area contributed by atoms with Crippen LogP contribution in [0.4, 0.5) is 0 Å². The quantitative estimate of drug-likeness (QED) is 0.309. The van der Waals surface area contributed by atoms with Crippen molar-refractivity contribution < 1.29 is 0 Å². The highest BCUT2D eigenvalue weighted by Gasteiger charge is 2.13. The average Bonchev–Trinajstić information content (AvgIpc) is 2.51. The zero-order chi connectivity index (χ0) is 15.8. The highest BCUT2D eigenvalue weighted by molar-refractivity contribution is 8.00. The molecule has 0 aliphatic rings. The first-order chi connectivity index (χ1) is 10.3. The molecule has 0 aromatic carbocycles. The molecular weight excluding hydrogens is 336 g/mol. The van der Waals surface area contributed by atoms with Gasteiger partial charge in [-0.2, -0.15) is 54.9 Å². The van der Waals surface area contributed by atoms with Crippen molar-refractivity contribution in [2.75, 3.05) is 47.6 Å². The Hall–Kier alpha value is -0.550. The van der Waals surface area contributed by atoms with Crippen LogP contribution in [0.25, 0.3) is 0 Å². The molecule has 0 rings (SSSR count). The SMILES string of the molecule is O=NCCSCC(CSCC(CSCCN=O)N=O)N=O. The smallest absolute Gasteiger partial charge is 0.110 e. The largest absolute Gasteiger partial charge is 0.158 e. The van der Waals surface area contributed by atoms with Gasteiger partial charge in [-0.15, -0.1) is 0 Å². The number of hydrogen-bond donors (Lipinski definition) is 0. The predicted molar refractivity (Wildman–Crippen MR) is 92.5 cm³/mol. The molecule has 2 atom stereocenters. The van der Waals surface area contributed by atoms with Crippen molar-refractivity contribution >= 4 is 35.3 Å². The first kappa shape index (κ1) is 20.5. The number of rotatable bonds is 16. The van der Waals surface area contributed by atoms with Crippen molar-refractivity contribution in [3.05, 3.63) is 19.6 Å². The van der Waals surface area contributed by atoms with Gasteiger partial charge in [0.25, 0.3) is 0 Å². The minimum Gasteiger partial charge on any atom is -0.158 e. The molecule has 0 N–H and O–H groups in total. The molecule has 0 saturated carbocycles. The molecule has 0 radical (unpaired) electrons. The topological polar surface area (TPSA) is 118 Å². The van der Waals surface area contributed by atoms with Gasteiger partial charge in [-0.05, 0) is 0 Å². The molecular formula is C10H18N4O4S3. The second-order valence-electron chi connectivity index (χ2n) is 3.91. The molecule has 2 unspecified atom stereocenters. The molecule has 0 aromatic rings. The van der Waals surface area contributed by atoms with Crippen LogP contribution in [-0.4, -0.2) is 59.7 Å². The van der Waals surface area contributed by atoms with Gasteiger partial charge >= 0.3 is 0 Å². The van der Waals surface area contributed by atoms with Crippen LogP contribution in [0.3, 0.4) is 0 Å². The summed E-state index contributed by atoms with van der Waals surface area (Å²) in [6, 6.07) is -0.684.